The van der Waals surface area contributed by atoms with Crippen LogP contribution in [-0.2, 0) is 47.0 Å². The summed E-state index contributed by atoms with van der Waals surface area (Å²) in [7, 11) is 7.26. The maximum absolute atomic E-state index is 14.0. The first-order valence-electron chi connectivity index (χ1n) is 26.0. The molecule has 7 rings (SSSR count). The molecule has 4 heterocycles. The van der Waals surface area contributed by atoms with Crippen LogP contribution in [-0.4, -0.2) is 163 Å². The van der Waals surface area contributed by atoms with Crippen molar-refractivity contribution in [1.82, 2.24) is 45.3 Å². The lowest BCUT2D eigenvalue weighted by molar-refractivity contribution is -0.144. The van der Waals surface area contributed by atoms with E-state index in [2.05, 4.69) is 59.8 Å². The number of carbonyl (C=O) groups is 5. The number of fused-ring (bicyclic) bond motifs is 1. The molecule has 3 unspecified atom stereocenters. The Balaban J connectivity index is 0.809. The molecule has 1 fully saturated rings. The van der Waals surface area contributed by atoms with Crippen LogP contribution in [0.15, 0.2) is 97.3 Å². The molecular formula is C57H72N12O9S. The number of β-amino-alcohol motifs (C(OH)–C–C–N with tert-alkyl or cyclic N) is 1. The van der Waals surface area contributed by atoms with Crippen LogP contribution in [0.4, 0.5) is 23.0 Å². The summed E-state index contributed by atoms with van der Waals surface area (Å²) in [5.41, 5.74) is 8.40. The molecule has 6 N–H and O–H groups in total. The van der Waals surface area contributed by atoms with Gasteiger partial charge in [-0.2, -0.15) is 0 Å². The number of benzene rings is 3. The predicted molar refractivity (Wildman–Crippen MR) is 306 cm³/mol. The highest BCUT2D eigenvalue weighted by Crippen LogP contribution is 2.39. The molecule has 6 aromatic rings. The Morgan fingerprint density at radius 1 is 0.949 bits per heavy atom. The summed E-state index contributed by atoms with van der Waals surface area (Å²) >= 11 is 1.56. The first kappa shape index (κ1) is 58.9. The maximum Gasteiger partial charge on any atom is 0.247 e. The largest absolute Gasteiger partial charge is 0.494 e. The highest BCUT2D eigenvalue weighted by molar-refractivity contribution is 7.13. The van der Waals surface area contributed by atoms with Crippen LogP contribution in [0.1, 0.15) is 38.4 Å². The minimum Gasteiger partial charge on any atom is -0.494 e. The van der Waals surface area contributed by atoms with Crippen LogP contribution in [0, 0.1) is 12.3 Å². The second kappa shape index (κ2) is 27.2. The van der Waals surface area contributed by atoms with Crippen LogP contribution in [0.25, 0.3) is 32.6 Å². The van der Waals surface area contributed by atoms with E-state index in [0.29, 0.717) is 41.8 Å². The molecule has 79 heavy (non-hydrogen) atoms. The van der Waals surface area contributed by atoms with Gasteiger partial charge in [-0.05, 0) is 54.8 Å². The van der Waals surface area contributed by atoms with Crippen molar-refractivity contribution in [3.8, 4) is 27.4 Å². The molecule has 3 atom stereocenters. The summed E-state index contributed by atoms with van der Waals surface area (Å²) < 4.78 is 19.0. The number of rotatable bonds is 26. The lowest BCUT2D eigenvalue weighted by Gasteiger charge is -2.35. The van der Waals surface area contributed by atoms with Gasteiger partial charge in [0.25, 0.3) is 0 Å². The SMILES string of the molecule is C=CC(=O)Nc1cc(Nc2nccc(-c3cn(C)c4ccccc34)n2)c(OC)cc1N(C)CCN(C)CC(=O)NCCOCCOCC(=O)NC(C(=O)N1CC(O)CC1C(=O)NCc1ccc(-c2scnc2C)cc1)C(C)(C)C. The molecule has 1 saturated heterocycles. The molecule has 0 radical (unpaired) electrons. The zero-order chi connectivity index (χ0) is 56.8. The number of amides is 5. The summed E-state index contributed by atoms with van der Waals surface area (Å²) in [6.45, 7) is 12.6. The van der Waals surface area contributed by atoms with Crippen molar-refractivity contribution in [3.63, 3.8) is 0 Å². The summed E-state index contributed by atoms with van der Waals surface area (Å²) in [5.74, 6) is -1.17. The fourth-order valence-corrected chi connectivity index (χ4v) is 9.93. The molecule has 420 valence electrons. The van der Waals surface area contributed by atoms with Gasteiger partial charge in [0, 0.05) is 88.2 Å². The Morgan fingerprint density at radius 2 is 1.71 bits per heavy atom. The summed E-state index contributed by atoms with van der Waals surface area (Å²) in [4.78, 5) is 85.9. The molecular weight excluding hydrogens is 1030 g/mol. The van der Waals surface area contributed by atoms with Crippen LogP contribution in [0.3, 0.4) is 0 Å². The van der Waals surface area contributed by atoms with Crippen molar-refractivity contribution in [2.24, 2.45) is 12.5 Å². The van der Waals surface area contributed by atoms with Gasteiger partial charge in [-0.15, -0.1) is 11.3 Å². The van der Waals surface area contributed by atoms with E-state index >= 15 is 0 Å². The molecule has 1 aliphatic rings. The number of thiazole rings is 1. The molecule has 22 heteroatoms. The smallest absolute Gasteiger partial charge is 0.247 e. The number of likely N-dealkylation sites (tertiary alicyclic amines) is 1. The number of carbonyl (C=O) groups excluding carboxylic acids is 5. The van der Waals surface area contributed by atoms with Gasteiger partial charge >= 0.3 is 0 Å². The number of hydrogen-bond donors (Lipinski definition) is 6. The number of aliphatic hydroxyl groups is 1. The van der Waals surface area contributed by atoms with Gasteiger partial charge in [0.05, 0.1) is 78.4 Å². The summed E-state index contributed by atoms with van der Waals surface area (Å²) in [6.07, 6.45) is 4.09. The number of aromatic nitrogens is 4. The summed E-state index contributed by atoms with van der Waals surface area (Å²) in [5, 5.41) is 26.4. The van der Waals surface area contributed by atoms with E-state index in [1.165, 1.54) is 11.0 Å². The van der Waals surface area contributed by atoms with E-state index in [-0.39, 0.29) is 64.9 Å². The van der Waals surface area contributed by atoms with E-state index in [1.807, 2.05) is 113 Å². The molecule has 21 nitrogen and oxygen atoms in total. The van der Waals surface area contributed by atoms with Crippen LogP contribution in [0.5, 0.6) is 5.75 Å². The van der Waals surface area contributed by atoms with Gasteiger partial charge in [-0.25, -0.2) is 15.0 Å². The Bertz CT molecular complexity index is 3100. The quantitative estimate of drug-likeness (QED) is 0.0299. The fourth-order valence-electron chi connectivity index (χ4n) is 9.12. The number of para-hydroxylation sites is 1. The topological polar surface area (TPSA) is 247 Å². The van der Waals surface area contributed by atoms with Gasteiger partial charge in [0.2, 0.25) is 35.5 Å². The third-order valence-corrected chi connectivity index (χ3v) is 14.3. The molecule has 5 amide bonds. The summed E-state index contributed by atoms with van der Waals surface area (Å²) in [6, 6.07) is 19.4. The number of likely N-dealkylation sites (N-methyl/N-ethyl adjacent to an activating group) is 2. The minimum absolute atomic E-state index is 0.0421. The number of hydrogen-bond acceptors (Lipinski definition) is 16. The lowest BCUT2D eigenvalue weighted by Crippen LogP contribution is -2.58. The zero-order valence-electron chi connectivity index (χ0n) is 46.1. The van der Waals surface area contributed by atoms with Crippen LogP contribution < -0.4 is 36.2 Å². The molecule has 0 bridgehead atoms. The first-order valence-corrected chi connectivity index (χ1v) is 26.9. The van der Waals surface area contributed by atoms with Crippen molar-refractivity contribution in [2.75, 3.05) is 95.9 Å². The zero-order valence-corrected chi connectivity index (χ0v) is 46.9. The Kier molecular flexibility index (Phi) is 20.3. The van der Waals surface area contributed by atoms with Gasteiger partial charge in [0.15, 0.2) is 0 Å². The van der Waals surface area contributed by atoms with Crippen LogP contribution >= 0.6 is 11.3 Å². The van der Waals surface area contributed by atoms with Crippen molar-refractivity contribution >= 4 is 74.8 Å². The predicted octanol–water partition coefficient (Wildman–Crippen LogP) is 5.27. The number of aryl methyl sites for hydroxylation is 2. The number of nitrogens with zero attached hydrogens (tertiary/aromatic N) is 7. The number of anilines is 4. The van der Waals surface area contributed by atoms with E-state index in [9.17, 15) is 29.1 Å². The average Bonchev–Trinajstić information content (AvgIpc) is 4.22. The van der Waals surface area contributed by atoms with E-state index < -0.39 is 47.2 Å². The molecule has 3 aromatic heterocycles. The van der Waals surface area contributed by atoms with Crippen LogP contribution in [0.2, 0.25) is 0 Å². The second-order valence-electron chi connectivity index (χ2n) is 20.4. The molecule has 0 saturated carbocycles. The number of aliphatic hydroxyl groups excluding tert-OH is 1. The number of methoxy groups -OCH3 is 1. The highest BCUT2D eigenvalue weighted by atomic mass is 32.1. The van der Waals surface area contributed by atoms with Crippen molar-refractivity contribution in [3.05, 3.63) is 109 Å². The normalized spacial score (nSPS) is 14.7. The fraction of sp³-hybridized carbons (Fsp3) is 0.404. The molecule has 0 spiro atoms. The minimum atomic E-state index is -1.00. The monoisotopic (exact) mass is 1100 g/mol. The maximum atomic E-state index is 14.0. The average molecular weight is 1100 g/mol. The Labute approximate surface area is 464 Å². The van der Waals surface area contributed by atoms with E-state index in [1.54, 1.807) is 36.2 Å². The standard InChI is InChI=1S/C57H72N12O9S/c1-10-49(71)62-43-28-44(64-56-59-20-19-42(63-56)41-32-68(8)45-14-12-11-13-40(41)45)48(76-9)29-46(43)67(7)23-22-66(6)33-50(72)58-21-24-77-25-26-78-34-51(73)65-53(57(3,4)5)55(75)69-31-39(70)27-47(69)54(74)60-30-37-15-17-38(18-16-37)52-36(2)61-35-79-52/h10-20,28-29,32,35,39,47,53,70H,1,21-27,30-31,33-34H2,2-9H3,(H,58,72)(H,60,74)(H,62,71)(H,65,73)(H,59,63,64). The molecule has 0 aliphatic carbocycles. The van der Waals surface area contributed by atoms with Gasteiger partial charge in [-0.3, -0.25) is 28.9 Å². The third kappa shape index (κ3) is 15.7. The second-order valence-corrected chi connectivity index (χ2v) is 21.3. The first-order chi connectivity index (χ1) is 37.8. The number of ether oxygens (including phenoxy) is 3. The van der Waals surface area contributed by atoms with Gasteiger partial charge in [0.1, 0.15) is 24.4 Å². The highest BCUT2D eigenvalue weighted by Gasteiger charge is 2.44. The number of nitrogens with one attached hydrogen (secondary N) is 5. The van der Waals surface area contributed by atoms with E-state index in [4.69, 9.17) is 19.2 Å². The lowest BCUT2D eigenvalue weighted by atomic mass is 9.85. The van der Waals surface area contributed by atoms with Crippen molar-refractivity contribution in [1.29, 1.82) is 0 Å². The third-order valence-electron chi connectivity index (χ3n) is 13.4. The molecule has 1 aliphatic heterocycles. The Morgan fingerprint density at radius 3 is 2.43 bits per heavy atom. The Hall–Kier alpha value is -7.76. The van der Waals surface area contributed by atoms with Crippen molar-refractivity contribution in [2.45, 2.75) is 58.8 Å². The van der Waals surface area contributed by atoms with Crippen molar-refractivity contribution < 1.29 is 43.3 Å². The molecule has 3 aromatic carbocycles. The van der Waals surface area contributed by atoms with Gasteiger partial charge < -0.3 is 60.3 Å². The van der Waals surface area contributed by atoms with E-state index in [0.717, 1.165) is 43.9 Å². The van der Waals surface area contributed by atoms with Gasteiger partial charge in [-0.1, -0.05) is 69.8 Å².